The van der Waals surface area contributed by atoms with Crippen molar-refractivity contribution in [2.75, 3.05) is 19.6 Å². The van der Waals surface area contributed by atoms with Crippen LogP contribution in [0, 0.1) is 23.2 Å². The summed E-state index contributed by atoms with van der Waals surface area (Å²) in [5.74, 6) is -1.14. The Bertz CT molecular complexity index is 943. The molecule has 4 aliphatic carbocycles. The number of urea groups is 1. The minimum absolute atomic E-state index is 0.0540. The van der Waals surface area contributed by atoms with E-state index in [0.717, 1.165) is 24.2 Å². The molecule has 0 unspecified atom stereocenters. The van der Waals surface area contributed by atoms with Crippen LogP contribution in [0.3, 0.4) is 0 Å². The zero-order valence-corrected chi connectivity index (χ0v) is 20.9. The number of nitrogens with two attached hydrogens (primary N) is 2. The molecule has 2 atom stereocenters. The SMILES string of the molecule is NC(N)=NCCC[C@@H]1NC(=O)N(CC(=O)N[C@@H](CC(=O)O)C(=O)NCC23CC4CC(CC(C4)C2)C3)C1=O. The first-order valence-electron chi connectivity index (χ1n) is 13.0. The van der Waals surface area contributed by atoms with Crippen molar-refractivity contribution in [3.05, 3.63) is 0 Å². The third-order valence-corrected chi connectivity index (χ3v) is 8.19. The van der Waals surface area contributed by atoms with Gasteiger partial charge in [-0.1, -0.05) is 0 Å². The van der Waals surface area contributed by atoms with Crippen LogP contribution >= 0.6 is 0 Å². The number of carboxylic acids is 1. The highest BCUT2D eigenvalue weighted by molar-refractivity contribution is 6.06. The van der Waals surface area contributed by atoms with Gasteiger partial charge in [0.05, 0.1) is 6.42 Å². The van der Waals surface area contributed by atoms with Crippen LogP contribution < -0.4 is 27.4 Å². The lowest BCUT2D eigenvalue weighted by Crippen LogP contribution is -2.55. The van der Waals surface area contributed by atoms with Gasteiger partial charge in [-0.3, -0.25) is 29.1 Å². The maximum Gasteiger partial charge on any atom is 0.325 e. The molecule has 4 bridgehead atoms. The summed E-state index contributed by atoms with van der Waals surface area (Å²) in [6, 6.07) is -2.85. The van der Waals surface area contributed by atoms with Crippen LogP contribution in [-0.4, -0.2) is 77.4 Å². The lowest BCUT2D eigenvalue weighted by Gasteiger charge is -2.57. The fourth-order valence-electron chi connectivity index (χ4n) is 7.10. The molecule has 5 aliphatic rings. The number of carbonyl (C=O) groups is 5. The van der Waals surface area contributed by atoms with Crippen molar-refractivity contribution in [3.63, 3.8) is 0 Å². The number of aliphatic carboxylic acids is 1. The Morgan fingerprint density at radius 3 is 2.30 bits per heavy atom. The highest BCUT2D eigenvalue weighted by Crippen LogP contribution is 2.59. The summed E-state index contributed by atoms with van der Waals surface area (Å²) >= 11 is 0. The van der Waals surface area contributed by atoms with Gasteiger partial charge in [0.2, 0.25) is 11.8 Å². The van der Waals surface area contributed by atoms with Crippen LogP contribution in [0.5, 0.6) is 0 Å². The van der Waals surface area contributed by atoms with Crippen molar-refractivity contribution in [2.24, 2.45) is 39.6 Å². The Balaban J connectivity index is 1.29. The molecule has 0 radical (unpaired) electrons. The van der Waals surface area contributed by atoms with E-state index in [2.05, 4.69) is 20.9 Å². The number of aliphatic imine (C=N–C) groups is 1. The second-order valence-electron chi connectivity index (χ2n) is 11.2. The first-order chi connectivity index (χ1) is 17.5. The summed E-state index contributed by atoms with van der Waals surface area (Å²) in [6.07, 6.45) is 7.16. The van der Waals surface area contributed by atoms with Gasteiger partial charge in [-0.15, -0.1) is 0 Å². The molecule has 1 heterocycles. The molecule has 8 N–H and O–H groups in total. The molecule has 5 amide bonds. The molecule has 0 aromatic heterocycles. The van der Waals surface area contributed by atoms with Gasteiger partial charge in [-0.25, -0.2) is 4.79 Å². The molecule has 37 heavy (non-hydrogen) atoms. The third-order valence-electron chi connectivity index (χ3n) is 8.19. The molecule has 204 valence electrons. The van der Waals surface area contributed by atoms with Crippen molar-refractivity contribution >= 4 is 35.7 Å². The number of amides is 5. The molecule has 0 spiro atoms. The maximum absolute atomic E-state index is 12.9. The maximum atomic E-state index is 12.9. The molecule has 13 heteroatoms. The minimum atomic E-state index is -1.31. The summed E-state index contributed by atoms with van der Waals surface area (Å²) < 4.78 is 0. The molecule has 5 rings (SSSR count). The van der Waals surface area contributed by atoms with Crippen molar-refractivity contribution in [2.45, 2.75) is 69.9 Å². The number of nitrogens with one attached hydrogen (secondary N) is 3. The molecule has 0 aromatic rings. The Hall–Kier alpha value is -3.38. The van der Waals surface area contributed by atoms with Gasteiger partial charge >= 0.3 is 12.0 Å². The molecule has 4 saturated carbocycles. The molecule has 5 fully saturated rings. The van der Waals surface area contributed by atoms with E-state index >= 15 is 0 Å². The highest BCUT2D eigenvalue weighted by atomic mass is 16.4. The zero-order valence-electron chi connectivity index (χ0n) is 20.9. The number of nitrogens with zero attached hydrogens (tertiary/aromatic N) is 2. The summed E-state index contributed by atoms with van der Waals surface area (Å²) in [5.41, 5.74) is 10.6. The monoisotopic (exact) mass is 519 g/mol. The third kappa shape index (κ3) is 6.50. The van der Waals surface area contributed by atoms with Gasteiger partial charge in [0, 0.05) is 13.1 Å². The first kappa shape index (κ1) is 26.7. The fourth-order valence-corrected chi connectivity index (χ4v) is 7.10. The molecule has 1 aliphatic heterocycles. The van der Waals surface area contributed by atoms with Crippen molar-refractivity contribution in [3.8, 4) is 0 Å². The molecule has 0 aromatic carbocycles. The highest BCUT2D eigenvalue weighted by Gasteiger charge is 2.51. The lowest BCUT2D eigenvalue weighted by molar-refractivity contribution is -0.141. The summed E-state index contributed by atoms with van der Waals surface area (Å²) in [5, 5.41) is 17.1. The van der Waals surface area contributed by atoms with Gasteiger partial charge < -0.3 is 32.5 Å². The van der Waals surface area contributed by atoms with Gasteiger partial charge in [0.15, 0.2) is 5.96 Å². The standard InChI is InChI=1S/C24H37N7O6/c25-22(26)27-3-1-2-16-21(36)31(23(37)30-16)11-18(32)29-17(7-19(33)34)20(35)28-12-24-8-13-4-14(9-24)6-15(5-13)10-24/h13-17H,1-12H2,(H,28,35)(H,29,32)(H,30,37)(H,33,34)(H4,25,26,27)/t13?,14?,15?,16-,17-,24?/m0/s1. The predicted molar refractivity (Wildman–Crippen MR) is 132 cm³/mol. The van der Waals surface area contributed by atoms with E-state index in [1.165, 1.54) is 19.3 Å². The van der Waals surface area contributed by atoms with Crippen LogP contribution in [0.25, 0.3) is 0 Å². The van der Waals surface area contributed by atoms with Crippen LogP contribution in [0.15, 0.2) is 4.99 Å². The number of rotatable bonds is 12. The lowest BCUT2D eigenvalue weighted by atomic mass is 9.49. The Labute approximate surface area is 215 Å². The van der Waals surface area contributed by atoms with E-state index in [0.29, 0.717) is 30.7 Å². The van der Waals surface area contributed by atoms with Crippen molar-refractivity contribution < 1.29 is 29.1 Å². The number of hydrogen-bond donors (Lipinski definition) is 6. The summed E-state index contributed by atoms with van der Waals surface area (Å²) in [7, 11) is 0. The van der Waals surface area contributed by atoms with Crippen LogP contribution in [-0.2, 0) is 19.2 Å². The van der Waals surface area contributed by atoms with E-state index < -0.39 is 54.8 Å². The quantitative estimate of drug-likeness (QED) is 0.0834. The van der Waals surface area contributed by atoms with Crippen LogP contribution in [0.2, 0.25) is 0 Å². The van der Waals surface area contributed by atoms with Crippen molar-refractivity contribution in [1.82, 2.24) is 20.9 Å². The molecule has 1 saturated heterocycles. The predicted octanol–water partition coefficient (Wildman–Crippen LogP) is -0.747. The number of guanidine groups is 1. The fraction of sp³-hybridized carbons (Fsp3) is 0.750. The summed E-state index contributed by atoms with van der Waals surface area (Å²) in [4.78, 5) is 66.4. The normalized spacial score (nSPS) is 30.5. The minimum Gasteiger partial charge on any atom is -0.481 e. The first-order valence-corrected chi connectivity index (χ1v) is 13.0. The van der Waals surface area contributed by atoms with Crippen LogP contribution in [0.4, 0.5) is 4.79 Å². The Morgan fingerprint density at radius 1 is 1.11 bits per heavy atom. The Morgan fingerprint density at radius 2 is 1.73 bits per heavy atom. The van der Waals surface area contributed by atoms with Gasteiger partial charge in [0.1, 0.15) is 18.6 Å². The second kappa shape index (κ2) is 10.9. The second-order valence-corrected chi connectivity index (χ2v) is 11.2. The number of carbonyl (C=O) groups excluding carboxylic acids is 4. The number of carboxylic acid groups (broad SMARTS) is 1. The largest absolute Gasteiger partial charge is 0.481 e. The van der Waals surface area contributed by atoms with E-state index in [4.69, 9.17) is 11.5 Å². The summed E-state index contributed by atoms with van der Waals surface area (Å²) in [6.45, 7) is 0.140. The average Bonchev–Trinajstić information content (AvgIpc) is 3.06. The van der Waals surface area contributed by atoms with Gasteiger partial charge in [-0.2, -0.15) is 0 Å². The molecule has 13 nitrogen and oxygen atoms in total. The smallest absolute Gasteiger partial charge is 0.325 e. The number of imide groups is 1. The molecular weight excluding hydrogens is 482 g/mol. The Kier molecular flexibility index (Phi) is 7.88. The van der Waals surface area contributed by atoms with Crippen molar-refractivity contribution in [1.29, 1.82) is 0 Å². The van der Waals surface area contributed by atoms with Crippen LogP contribution in [0.1, 0.15) is 57.8 Å². The molecular formula is C24H37N7O6. The average molecular weight is 520 g/mol. The van der Waals surface area contributed by atoms with Gasteiger partial charge in [-0.05, 0) is 74.5 Å². The van der Waals surface area contributed by atoms with E-state index in [9.17, 15) is 29.1 Å². The number of hydrogen-bond acceptors (Lipinski definition) is 6. The van der Waals surface area contributed by atoms with E-state index in [1.54, 1.807) is 0 Å². The topological polar surface area (TPSA) is 209 Å². The van der Waals surface area contributed by atoms with E-state index in [1.807, 2.05) is 0 Å². The van der Waals surface area contributed by atoms with Gasteiger partial charge in [0.25, 0.3) is 5.91 Å². The van der Waals surface area contributed by atoms with E-state index in [-0.39, 0.29) is 24.3 Å². The zero-order chi connectivity index (χ0) is 26.7.